The summed E-state index contributed by atoms with van der Waals surface area (Å²) in [6.45, 7) is 0. The summed E-state index contributed by atoms with van der Waals surface area (Å²) < 4.78 is 31.1. The Hall–Kier alpha value is 0.290. The van der Waals surface area contributed by atoms with Crippen LogP contribution in [-0.4, -0.2) is 24.1 Å². The monoisotopic (exact) mass is 336 g/mol. The van der Waals surface area contributed by atoms with Crippen LogP contribution in [-0.2, 0) is 10.1 Å². The molecule has 1 aromatic rings. The average molecular weight is 338 g/mol. The lowest BCUT2D eigenvalue weighted by Crippen LogP contribution is -2.27. The lowest BCUT2D eigenvalue weighted by atomic mass is 10.1. The molecule has 2 unspecified atom stereocenters. The summed E-state index contributed by atoms with van der Waals surface area (Å²) >= 11 is 23.0. The highest BCUT2D eigenvalue weighted by molar-refractivity contribution is 7.86. The van der Waals surface area contributed by atoms with Gasteiger partial charge in [0, 0.05) is 15.9 Å². The van der Waals surface area contributed by atoms with E-state index < -0.39 is 20.7 Å². The maximum absolute atomic E-state index is 11.1. The molecule has 96 valence electrons. The third-order valence-electron chi connectivity index (χ3n) is 2.12. The van der Waals surface area contributed by atoms with Crippen LogP contribution in [0, 0.1) is 0 Å². The second-order valence-electron chi connectivity index (χ2n) is 3.28. The molecule has 17 heavy (non-hydrogen) atoms. The number of halogens is 4. The van der Waals surface area contributed by atoms with Gasteiger partial charge in [0.15, 0.2) is 0 Å². The molecule has 0 heterocycles. The summed E-state index contributed by atoms with van der Waals surface area (Å²) in [4.78, 5) is 0. The third-order valence-corrected chi connectivity index (χ3v) is 5.09. The fourth-order valence-electron chi connectivity index (χ4n) is 1.23. The molecule has 1 N–H and O–H groups in total. The van der Waals surface area contributed by atoms with E-state index in [0.717, 1.165) is 0 Å². The number of rotatable bonds is 4. The second kappa shape index (κ2) is 5.95. The van der Waals surface area contributed by atoms with Crippen molar-refractivity contribution >= 4 is 56.5 Å². The van der Waals surface area contributed by atoms with Gasteiger partial charge in [-0.1, -0.05) is 29.3 Å². The Bertz CT molecular complexity index is 503. The van der Waals surface area contributed by atoms with Gasteiger partial charge in [0.05, 0.1) is 5.38 Å². The highest BCUT2D eigenvalue weighted by Crippen LogP contribution is 2.35. The SMILES string of the molecule is O=S(=O)(O)C(CCl)C(Cl)c1ccc(Cl)cc1Cl. The molecule has 0 spiro atoms. The number of alkyl halides is 2. The van der Waals surface area contributed by atoms with E-state index in [2.05, 4.69) is 0 Å². The first-order chi connectivity index (χ1) is 7.77. The van der Waals surface area contributed by atoms with Gasteiger partial charge in [0.2, 0.25) is 0 Å². The minimum absolute atomic E-state index is 0.219. The predicted octanol–water partition coefficient (Wildman–Crippen LogP) is 3.77. The van der Waals surface area contributed by atoms with Gasteiger partial charge in [-0.2, -0.15) is 8.42 Å². The van der Waals surface area contributed by atoms with E-state index in [1.165, 1.54) is 18.2 Å². The zero-order chi connectivity index (χ0) is 13.2. The first kappa shape index (κ1) is 15.3. The van der Waals surface area contributed by atoms with Crippen molar-refractivity contribution in [3.05, 3.63) is 33.8 Å². The molecule has 0 amide bonds. The van der Waals surface area contributed by atoms with Crippen molar-refractivity contribution in [1.82, 2.24) is 0 Å². The fourth-order valence-corrected chi connectivity index (χ4v) is 3.84. The quantitative estimate of drug-likeness (QED) is 0.672. The molecule has 0 aliphatic rings. The van der Waals surface area contributed by atoms with Crippen molar-refractivity contribution in [1.29, 1.82) is 0 Å². The summed E-state index contributed by atoms with van der Waals surface area (Å²) in [5.74, 6) is -0.341. The van der Waals surface area contributed by atoms with Gasteiger partial charge in [-0.15, -0.1) is 23.2 Å². The van der Waals surface area contributed by atoms with E-state index in [9.17, 15) is 8.42 Å². The molecule has 0 fully saturated rings. The van der Waals surface area contributed by atoms with Crippen LogP contribution in [0.1, 0.15) is 10.9 Å². The van der Waals surface area contributed by atoms with Crippen LogP contribution in [0.2, 0.25) is 10.0 Å². The summed E-state index contributed by atoms with van der Waals surface area (Å²) in [5.41, 5.74) is 0.348. The molecule has 8 heteroatoms. The van der Waals surface area contributed by atoms with Crippen molar-refractivity contribution in [2.45, 2.75) is 10.6 Å². The fraction of sp³-hybridized carbons (Fsp3) is 0.333. The van der Waals surface area contributed by atoms with Gasteiger partial charge in [-0.25, -0.2) is 0 Å². The number of benzene rings is 1. The van der Waals surface area contributed by atoms with Crippen LogP contribution in [0.25, 0.3) is 0 Å². The minimum Gasteiger partial charge on any atom is -0.285 e. The topological polar surface area (TPSA) is 54.4 Å². The largest absolute Gasteiger partial charge is 0.285 e. The van der Waals surface area contributed by atoms with Crippen molar-refractivity contribution < 1.29 is 13.0 Å². The third kappa shape index (κ3) is 3.88. The highest BCUT2D eigenvalue weighted by Gasteiger charge is 2.32. The Kier molecular flexibility index (Phi) is 5.38. The lowest BCUT2D eigenvalue weighted by molar-refractivity contribution is 0.469. The molecule has 0 saturated carbocycles. The van der Waals surface area contributed by atoms with Crippen molar-refractivity contribution in [2.24, 2.45) is 0 Å². The van der Waals surface area contributed by atoms with Crippen molar-refractivity contribution in [3.8, 4) is 0 Å². The Morgan fingerprint density at radius 2 is 1.88 bits per heavy atom. The summed E-state index contributed by atoms with van der Waals surface area (Å²) in [6.07, 6.45) is 0. The van der Waals surface area contributed by atoms with E-state index in [0.29, 0.717) is 10.6 Å². The molecule has 3 nitrogen and oxygen atoms in total. The van der Waals surface area contributed by atoms with Crippen LogP contribution in [0.3, 0.4) is 0 Å². The predicted molar refractivity (Wildman–Crippen MR) is 71.1 cm³/mol. The van der Waals surface area contributed by atoms with Gasteiger partial charge in [0.1, 0.15) is 5.25 Å². The molecule has 0 aliphatic carbocycles. The molecule has 0 saturated heterocycles. The summed E-state index contributed by atoms with van der Waals surface area (Å²) in [5, 5.41) is -1.76. The maximum Gasteiger partial charge on any atom is 0.270 e. The van der Waals surface area contributed by atoms with Crippen LogP contribution in [0.4, 0.5) is 0 Å². The number of hydrogen-bond donors (Lipinski definition) is 1. The van der Waals surface area contributed by atoms with Crippen LogP contribution in [0.15, 0.2) is 18.2 Å². The molecule has 1 aromatic carbocycles. The van der Waals surface area contributed by atoms with Gasteiger partial charge in [0.25, 0.3) is 10.1 Å². The van der Waals surface area contributed by atoms with Crippen LogP contribution < -0.4 is 0 Å². The Labute approximate surface area is 119 Å². The average Bonchev–Trinajstić information content (AvgIpc) is 2.15. The normalized spacial score (nSPS) is 15.6. The van der Waals surface area contributed by atoms with E-state index in [1.54, 1.807) is 0 Å². The molecule has 0 bridgehead atoms. The first-order valence-electron chi connectivity index (χ1n) is 4.38. The highest BCUT2D eigenvalue weighted by atomic mass is 35.5. The maximum atomic E-state index is 11.1. The molecule has 0 aliphatic heterocycles. The van der Waals surface area contributed by atoms with E-state index in [-0.39, 0.29) is 10.9 Å². The lowest BCUT2D eigenvalue weighted by Gasteiger charge is -2.18. The molecule has 2 atom stereocenters. The molecular formula is C9H8Cl4O3S. The Morgan fingerprint density at radius 3 is 2.29 bits per heavy atom. The zero-order valence-electron chi connectivity index (χ0n) is 8.28. The molecule has 1 rings (SSSR count). The van der Waals surface area contributed by atoms with E-state index in [1.807, 2.05) is 0 Å². The Morgan fingerprint density at radius 1 is 1.29 bits per heavy atom. The smallest absolute Gasteiger partial charge is 0.270 e. The minimum atomic E-state index is -4.34. The molecule has 0 radical (unpaired) electrons. The zero-order valence-corrected chi connectivity index (χ0v) is 12.1. The summed E-state index contributed by atoms with van der Waals surface area (Å²) in [6, 6.07) is 4.45. The number of hydrogen-bond acceptors (Lipinski definition) is 2. The molecular weight excluding hydrogens is 330 g/mol. The van der Waals surface area contributed by atoms with Gasteiger partial charge in [-0.3, -0.25) is 4.55 Å². The van der Waals surface area contributed by atoms with Crippen molar-refractivity contribution in [2.75, 3.05) is 5.88 Å². The molecule has 0 aromatic heterocycles. The second-order valence-corrected chi connectivity index (χ2v) is 6.53. The van der Waals surface area contributed by atoms with E-state index in [4.69, 9.17) is 51.0 Å². The van der Waals surface area contributed by atoms with Crippen LogP contribution >= 0.6 is 46.4 Å². The van der Waals surface area contributed by atoms with Gasteiger partial charge in [-0.05, 0) is 17.7 Å². The standard InChI is InChI=1S/C9H8Cl4O3S/c10-4-8(17(14,15)16)9(13)6-2-1-5(11)3-7(6)12/h1-3,8-9H,4H2,(H,14,15,16). The Balaban J connectivity index is 3.15. The van der Waals surface area contributed by atoms with Gasteiger partial charge >= 0.3 is 0 Å². The summed E-state index contributed by atoms with van der Waals surface area (Å²) in [7, 11) is -4.34. The first-order valence-corrected chi connectivity index (χ1v) is 7.61. The van der Waals surface area contributed by atoms with Crippen LogP contribution in [0.5, 0.6) is 0 Å². The van der Waals surface area contributed by atoms with E-state index >= 15 is 0 Å². The van der Waals surface area contributed by atoms with Crippen molar-refractivity contribution in [3.63, 3.8) is 0 Å². The van der Waals surface area contributed by atoms with Gasteiger partial charge < -0.3 is 0 Å².